The Morgan fingerprint density at radius 3 is 2.44 bits per heavy atom. The molecule has 0 aliphatic carbocycles. The molecule has 0 unspecified atom stereocenters. The number of hydrogen-bond donors (Lipinski definition) is 2. The van der Waals surface area contributed by atoms with Crippen LogP contribution in [0.5, 0.6) is 0 Å². The molecule has 1 aromatic heterocycles. The third kappa shape index (κ3) is 2.45. The number of amides is 1. The average Bonchev–Trinajstić information content (AvgIpc) is 2.40. The second-order valence-corrected chi connectivity index (χ2v) is 4.08. The molecule has 2 N–H and O–H groups in total. The highest BCUT2D eigenvalue weighted by molar-refractivity contribution is 5.97. The van der Waals surface area contributed by atoms with Crippen molar-refractivity contribution in [1.82, 2.24) is 15.3 Å². The van der Waals surface area contributed by atoms with E-state index in [1.54, 1.807) is 0 Å². The SMILES string of the molecule is O=C(NC1(C(=O)O)CCOCC1)c1cncnc1. The Balaban J connectivity index is 2.15. The molecule has 1 saturated heterocycles. The van der Waals surface area contributed by atoms with E-state index in [4.69, 9.17) is 4.74 Å². The van der Waals surface area contributed by atoms with Crippen molar-refractivity contribution in [3.8, 4) is 0 Å². The number of aliphatic carboxylic acids is 1. The van der Waals surface area contributed by atoms with Crippen LogP contribution in [0.4, 0.5) is 0 Å². The van der Waals surface area contributed by atoms with Gasteiger partial charge in [-0.2, -0.15) is 0 Å². The highest BCUT2D eigenvalue weighted by Gasteiger charge is 2.41. The van der Waals surface area contributed by atoms with Gasteiger partial charge in [-0.3, -0.25) is 4.79 Å². The predicted octanol–water partition coefficient (Wildman–Crippen LogP) is -0.160. The summed E-state index contributed by atoms with van der Waals surface area (Å²) in [7, 11) is 0. The van der Waals surface area contributed by atoms with Crippen molar-refractivity contribution in [1.29, 1.82) is 0 Å². The average molecular weight is 251 g/mol. The molecule has 0 atom stereocenters. The van der Waals surface area contributed by atoms with Crippen LogP contribution in [0.2, 0.25) is 0 Å². The highest BCUT2D eigenvalue weighted by atomic mass is 16.5. The minimum Gasteiger partial charge on any atom is -0.480 e. The number of carboxylic acids is 1. The summed E-state index contributed by atoms with van der Waals surface area (Å²) in [5.74, 6) is -1.53. The van der Waals surface area contributed by atoms with Gasteiger partial charge in [0, 0.05) is 38.4 Å². The lowest BCUT2D eigenvalue weighted by molar-refractivity contribution is -0.148. The van der Waals surface area contributed by atoms with Crippen LogP contribution < -0.4 is 5.32 Å². The number of carbonyl (C=O) groups is 2. The summed E-state index contributed by atoms with van der Waals surface area (Å²) < 4.78 is 5.12. The summed E-state index contributed by atoms with van der Waals surface area (Å²) in [6.07, 6.45) is 4.50. The van der Waals surface area contributed by atoms with Crippen LogP contribution in [0.1, 0.15) is 23.2 Å². The van der Waals surface area contributed by atoms with E-state index in [1.807, 2.05) is 0 Å². The third-order valence-corrected chi connectivity index (χ3v) is 2.93. The first-order valence-electron chi connectivity index (χ1n) is 5.53. The Hall–Kier alpha value is -2.02. The number of nitrogens with one attached hydrogen (secondary N) is 1. The van der Waals surface area contributed by atoms with Crippen molar-refractivity contribution in [3.05, 3.63) is 24.3 Å². The minimum atomic E-state index is -1.26. The highest BCUT2D eigenvalue weighted by Crippen LogP contribution is 2.21. The lowest BCUT2D eigenvalue weighted by Gasteiger charge is -2.33. The van der Waals surface area contributed by atoms with Gasteiger partial charge in [0.2, 0.25) is 0 Å². The van der Waals surface area contributed by atoms with E-state index in [0.29, 0.717) is 13.2 Å². The molecular formula is C11H13N3O4. The van der Waals surface area contributed by atoms with Crippen LogP contribution in [0.3, 0.4) is 0 Å². The molecule has 7 heteroatoms. The van der Waals surface area contributed by atoms with Crippen LogP contribution in [0.15, 0.2) is 18.7 Å². The summed E-state index contributed by atoms with van der Waals surface area (Å²) in [4.78, 5) is 30.7. The molecule has 7 nitrogen and oxygen atoms in total. The van der Waals surface area contributed by atoms with Crippen molar-refractivity contribution in [2.75, 3.05) is 13.2 Å². The fourth-order valence-corrected chi connectivity index (χ4v) is 1.82. The summed E-state index contributed by atoms with van der Waals surface area (Å²) in [6, 6.07) is 0. The molecule has 0 aromatic carbocycles. The van der Waals surface area contributed by atoms with E-state index in [9.17, 15) is 14.7 Å². The number of carbonyl (C=O) groups excluding carboxylic acids is 1. The Morgan fingerprint density at radius 2 is 1.89 bits per heavy atom. The van der Waals surface area contributed by atoms with Crippen molar-refractivity contribution in [2.45, 2.75) is 18.4 Å². The van der Waals surface area contributed by atoms with Crippen LogP contribution in [-0.2, 0) is 9.53 Å². The van der Waals surface area contributed by atoms with E-state index in [-0.39, 0.29) is 18.4 Å². The molecule has 1 fully saturated rings. The molecule has 0 saturated carbocycles. The van der Waals surface area contributed by atoms with Crippen LogP contribution in [0.25, 0.3) is 0 Å². The molecule has 1 aromatic rings. The molecule has 96 valence electrons. The summed E-state index contributed by atoms with van der Waals surface area (Å²) >= 11 is 0. The first-order chi connectivity index (χ1) is 8.64. The van der Waals surface area contributed by atoms with Gasteiger partial charge < -0.3 is 15.2 Å². The largest absolute Gasteiger partial charge is 0.480 e. The quantitative estimate of drug-likeness (QED) is 0.774. The number of aromatic nitrogens is 2. The molecule has 0 bridgehead atoms. The van der Waals surface area contributed by atoms with E-state index in [1.165, 1.54) is 18.7 Å². The Bertz CT molecular complexity index is 443. The standard InChI is InChI=1S/C11H13N3O4/c15-9(8-5-12-7-13-6-8)14-11(10(16)17)1-3-18-4-2-11/h5-7H,1-4H2,(H,14,15)(H,16,17). The number of hydrogen-bond acceptors (Lipinski definition) is 5. The summed E-state index contributed by atoms with van der Waals surface area (Å²) in [5.41, 5.74) is -1.02. The first-order valence-corrected chi connectivity index (χ1v) is 5.53. The second-order valence-electron chi connectivity index (χ2n) is 4.08. The van der Waals surface area contributed by atoms with Gasteiger partial charge in [0.05, 0.1) is 5.56 Å². The van der Waals surface area contributed by atoms with Gasteiger partial charge in [-0.1, -0.05) is 0 Å². The van der Waals surface area contributed by atoms with E-state index in [0.717, 1.165) is 0 Å². The molecule has 2 rings (SSSR count). The summed E-state index contributed by atoms with van der Waals surface area (Å²) in [6.45, 7) is 0.635. The molecule has 1 aliphatic rings. The number of carboxylic acid groups (broad SMARTS) is 1. The zero-order valence-electron chi connectivity index (χ0n) is 9.63. The van der Waals surface area contributed by atoms with Crippen molar-refractivity contribution in [2.24, 2.45) is 0 Å². The van der Waals surface area contributed by atoms with Crippen LogP contribution >= 0.6 is 0 Å². The minimum absolute atomic E-state index is 0.240. The number of ether oxygens (including phenoxy) is 1. The maximum atomic E-state index is 11.9. The Kier molecular flexibility index (Phi) is 3.52. The zero-order chi connectivity index (χ0) is 13.0. The second kappa shape index (κ2) is 5.09. The molecular weight excluding hydrogens is 238 g/mol. The molecule has 0 radical (unpaired) electrons. The van der Waals surface area contributed by atoms with Gasteiger partial charge in [-0.05, 0) is 0 Å². The van der Waals surface area contributed by atoms with E-state index < -0.39 is 17.4 Å². The Morgan fingerprint density at radius 1 is 1.28 bits per heavy atom. The van der Waals surface area contributed by atoms with Crippen molar-refractivity contribution < 1.29 is 19.4 Å². The molecule has 0 spiro atoms. The maximum Gasteiger partial charge on any atom is 0.329 e. The zero-order valence-corrected chi connectivity index (χ0v) is 9.63. The van der Waals surface area contributed by atoms with Crippen LogP contribution in [-0.4, -0.2) is 45.7 Å². The summed E-state index contributed by atoms with van der Waals surface area (Å²) in [5, 5.41) is 11.8. The van der Waals surface area contributed by atoms with Gasteiger partial charge >= 0.3 is 5.97 Å². The predicted molar refractivity (Wildman–Crippen MR) is 59.9 cm³/mol. The fourth-order valence-electron chi connectivity index (χ4n) is 1.82. The molecule has 18 heavy (non-hydrogen) atoms. The van der Waals surface area contributed by atoms with Crippen LogP contribution in [0, 0.1) is 0 Å². The topological polar surface area (TPSA) is 101 Å². The fraction of sp³-hybridized carbons (Fsp3) is 0.455. The van der Waals surface area contributed by atoms with Gasteiger partial charge in [0.15, 0.2) is 0 Å². The van der Waals surface area contributed by atoms with Crippen molar-refractivity contribution in [3.63, 3.8) is 0 Å². The normalized spacial score (nSPS) is 18.0. The van der Waals surface area contributed by atoms with Crippen molar-refractivity contribution >= 4 is 11.9 Å². The Labute approximate surface area is 103 Å². The first kappa shape index (κ1) is 12.4. The van der Waals surface area contributed by atoms with Gasteiger partial charge in [0.25, 0.3) is 5.91 Å². The smallest absolute Gasteiger partial charge is 0.329 e. The van der Waals surface area contributed by atoms with E-state index >= 15 is 0 Å². The van der Waals surface area contributed by atoms with Gasteiger partial charge in [0.1, 0.15) is 11.9 Å². The third-order valence-electron chi connectivity index (χ3n) is 2.93. The monoisotopic (exact) mass is 251 g/mol. The molecule has 1 aliphatic heterocycles. The van der Waals surface area contributed by atoms with E-state index in [2.05, 4.69) is 15.3 Å². The lowest BCUT2D eigenvalue weighted by atomic mass is 9.90. The van der Waals surface area contributed by atoms with Gasteiger partial charge in [-0.25, -0.2) is 14.8 Å². The number of rotatable bonds is 3. The molecule has 1 amide bonds. The number of nitrogens with zero attached hydrogens (tertiary/aromatic N) is 2. The maximum absolute atomic E-state index is 11.9. The lowest BCUT2D eigenvalue weighted by Crippen LogP contribution is -2.57. The molecule has 2 heterocycles. The van der Waals surface area contributed by atoms with Gasteiger partial charge in [-0.15, -0.1) is 0 Å².